The highest BCUT2D eigenvalue weighted by atomic mass is 32.2. The highest BCUT2D eigenvalue weighted by Gasteiger charge is 2.29. The first-order chi connectivity index (χ1) is 15.9. The van der Waals surface area contributed by atoms with Gasteiger partial charge in [0.15, 0.2) is 5.13 Å². The number of amides is 2. The SMILES string of the molecule is CCOc1ccc(NC(=O)Cc2csc(N3CCCC3=O)n2)cc1S(=O)(=O)N1CCCCC1. The van der Waals surface area contributed by atoms with Crippen LogP contribution in [0.5, 0.6) is 5.75 Å². The Morgan fingerprint density at radius 2 is 1.97 bits per heavy atom. The summed E-state index contributed by atoms with van der Waals surface area (Å²) in [6.45, 7) is 3.75. The van der Waals surface area contributed by atoms with Gasteiger partial charge in [-0.05, 0) is 44.4 Å². The molecule has 1 aromatic carbocycles. The average molecular weight is 493 g/mol. The van der Waals surface area contributed by atoms with E-state index in [4.69, 9.17) is 4.74 Å². The van der Waals surface area contributed by atoms with Crippen LogP contribution in [0.3, 0.4) is 0 Å². The molecule has 0 radical (unpaired) electrons. The van der Waals surface area contributed by atoms with E-state index in [1.54, 1.807) is 29.3 Å². The molecule has 1 N–H and O–H groups in total. The second kappa shape index (κ2) is 10.2. The van der Waals surface area contributed by atoms with Gasteiger partial charge < -0.3 is 10.1 Å². The summed E-state index contributed by atoms with van der Waals surface area (Å²) in [6.07, 6.45) is 4.05. The third-order valence-corrected chi connectivity index (χ3v) is 8.48. The topological polar surface area (TPSA) is 109 Å². The second-order valence-corrected chi connectivity index (χ2v) is 10.8. The molecule has 4 rings (SSSR count). The van der Waals surface area contributed by atoms with Gasteiger partial charge in [-0.15, -0.1) is 11.3 Å². The third-order valence-electron chi connectivity index (χ3n) is 5.65. The molecule has 9 nitrogen and oxygen atoms in total. The van der Waals surface area contributed by atoms with E-state index in [0.29, 0.717) is 49.2 Å². The standard InChI is InChI=1S/C22H28N4O5S2/c1-2-31-18-9-8-16(13-19(18)33(29,30)25-10-4-3-5-11-25)23-20(27)14-17-15-32-22(24-17)26-12-6-7-21(26)28/h8-9,13,15H,2-7,10-12,14H2,1H3,(H,23,27). The van der Waals surface area contributed by atoms with Gasteiger partial charge in [0, 0.05) is 37.1 Å². The smallest absolute Gasteiger partial charge is 0.246 e. The zero-order valence-electron chi connectivity index (χ0n) is 18.6. The molecule has 2 aliphatic rings. The van der Waals surface area contributed by atoms with Gasteiger partial charge in [-0.3, -0.25) is 14.5 Å². The van der Waals surface area contributed by atoms with Crippen molar-refractivity contribution in [3.05, 3.63) is 29.3 Å². The number of thiazole rings is 1. The van der Waals surface area contributed by atoms with Gasteiger partial charge in [0.1, 0.15) is 10.6 Å². The maximum absolute atomic E-state index is 13.3. The molecule has 0 unspecified atom stereocenters. The van der Waals surface area contributed by atoms with Crippen LogP contribution in [0.1, 0.15) is 44.7 Å². The van der Waals surface area contributed by atoms with Crippen LogP contribution in [-0.4, -0.2) is 55.8 Å². The molecule has 0 aliphatic carbocycles. The maximum atomic E-state index is 13.3. The van der Waals surface area contributed by atoms with Crippen molar-refractivity contribution in [2.45, 2.75) is 50.3 Å². The van der Waals surface area contributed by atoms with Gasteiger partial charge in [-0.1, -0.05) is 6.42 Å². The first-order valence-corrected chi connectivity index (χ1v) is 13.5. The lowest BCUT2D eigenvalue weighted by Gasteiger charge is -2.27. The van der Waals surface area contributed by atoms with Crippen molar-refractivity contribution in [3.8, 4) is 5.75 Å². The number of nitrogens with zero attached hydrogens (tertiary/aromatic N) is 3. The van der Waals surface area contributed by atoms with Gasteiger partial charge in [-0.2, -0.15) is 4.31 Å². The number of carbonyl (C=O) groups is 2. The highest BCUT2D eigenvalue weighted by molar-refractivity contribution is 7.89. The summed E-state index contributed by atoms with van der Waals surface area (Å²) in [5.41, 5.74) is 0.948. The van der Waals surface area contributed by atoms with Crippen LogP contribution in [0, 0.1) is 0 Å². The summed E-state index contributed by atoms with van der Waals surface area (Å²) in [5, 5.41) is 5.15. The zero-order chi connectivity index (χ0) is 23.4. The number of rotatable bonds is 8. The number of nitrogens with one attached hydrogen (secondary N) is 1. The Labute approximate surface area is 197 Å². The van der Waals surface area contributed by atoms with E-state index in [1.165, 1.54) is 21.7 Å². The summed E-state index contributed by atoms with van der Waals surface area (Å²) >= 11 is 1.34. The Morgan fingerprint density at radius 1 is 1.18 bits per heavy atom. The Morgan fingerprint density at radius 3 is 2.67 bits per heavy atom. The van der Waals surface area contributed by atoms with Crippen molar-refractivity contribution in [3.63, 3.8) is 0 Å². The van der Waals surface area contributed by atoms with Crippen molar-refractivity contribution in [1.29, 1.82) is 0 Å². The molecule has 178 valence electrons. The van der Waals surface area contributed by atoms with E-state index in [1.807, 2.05) is 0 Å². The molecule has 2 aliphatic heterocycles. The van der Waals surface area contributed by atoms with Gasteiger partial charge in [0.05, 0.1) is 18.7 Å². The van der Waals surface area contributed by atoms with Crippen LogP contribution in [0.4, 0.5) is 10.8 Å². The first-order valence-electron chi connectivity index (χ1n) is 11.2. The number of sulfonamides is 1. The molecule has 2 amide bonds. The monoisotopic (exact) mass is 492 g/mol. The number of carbonyl (C=O) groups excluding carboxylic acids is 2. The molecule has 0 bridgehead atoms. The summed E-state index contributed by atoms with van der Waals surface area (Å²) in [7, 11) is -3.73. The highest BCUT2D eigenvalue weighted by Crippen LogP contribution is 2.32. The summed E-state index contributed by atoms with van der Waals surface area (Å²) in [4.78, 5) is 30.7. The number of hydrogen-bond donors (Lipinski definition) is 1. The van der Waals surface area contributed by atoms with Gasteiger partial charge in [-0.25, -0.2) is 13.4 Å². The molecule has 2 fully saturated rings. The first kappa shape index (κ1) is 23.7. The Balaban J connectivity index is 1.49. The van der Waals surface area contributed by atoms with E-state index in [2.05, 4.69) is 10.3 Å². The third kappa shape index (κ3) is 5.36. The molecule has 2 saturated heterocycles. The van der Waals surface area contributed by atoms with E-state index >= 15 is 0 Å². The lowest BCUT2D eigenvalue weighted by molar-refractivity contribution is -0.117. The molecule has 33 heavy (non-hydrogen) atoms. The Kier molecular flexibility index (Phi) is 7.30. The minimum absolute atomic E-state index is 0.0277. The molecular weight excluding hydrogens is 464 g/mol. The lowest BCUT2D eigenvalue weighted by Crippen LogP contribution is -2.35. The molecule has 2 aromatic rings. The summed E-state index contributed by atoms with van der Waals surface area (Å²) in [6, 6.07) is 4.67. The Bertz CT molecular complexity index is 1130. The van der Waals surface area contributed by atoms with Crippen LogP contribution in [0.25, 0.3) is 0 Å². The fraction of sp³-hybridized carbons (Fsp3) is 0.500. The molecule has 1 aromatic heterocycles. The Hall–Kier alpha value is -2.50. The van der Waals surface area contributed by atoms with Crippen LogP contribution in [0.2, 0.25) is 0 Å². The van der Waals surface area contributed by atoms with E-state index < -0.39 is 10.0 Å². The number of ether oxygens (including phenoxy) is 1. The molecule has 3 heterocycles. The molecule has 0 spiro atoms. The predicted octanol–water partition coefficient (Wildman–Crippen LogP) is 3.02. The molecular formula is C22H28N4O5S2. The fourth-order valence-electron chi connectivity index (χ4n) is 4.03. The zero-order valence-corrected chi connectivity index (χ0v) is 20.2. The van der Waals surface area contributed by atoms with Crippen LogP contribution >= 0.6 is 11.3 Å². The van der Waals surface area contributed by atoms with Crippen molar-refractivity contribution in [2.75, 3.05) is 36.5 Å². The van der Waals surface area contributed by atoms with E-state index in [9.17, 15) is 18.0 Å². The maximum Gasteiger partial charge on any atom is 0.246 e. The quantitative estimate of drug-likeness (QED) is 0.607. The summed E-state index contributed by atoms with van der Waals surface area (Å²) in [5.74, 6) is 0.0164. The van der Waals surface area contributed by atoms with Crippen molar-refractivity contribution in [1.82, 2.24) is 9.29 Å². The number of aromatic nitrogens is 1. The number of piperidine rings is 1. The number of hydrogen-bond acceptors (Lipinski definition) is 7. The second-order valence-electron chi connectivity index (χ2n) is 8.05. The van der Waals surface area contributed by atoms with Gasteiger partial charge >= 0.3 is 0 Å². The van der Waals surface area contributed by atoms with Crippen LogP contribution in [0.15, 0.2) is 28.5 Å². The van der Waals surface area contributed by atoms with Crippen molar-refractivity contribution in [2.24, 2.45) is 0 Å². The van der Waals surface area contributed by atoms with Crippen molar-refractivity contribution < 1.29 is 22.7 Å². The van der Waals surface area contributed by atoms with Crippen LogP contribution in [-0.2, 0) is 26.0 Å². The molecule has 0 saturated carbocycles. The van der Waals surface area contributed by atoms with Gasteiger partial charge in [0.25, 0.3) is 0 Å². The fourth-order valence-corrected chi connectivity index (χ4v) is 6.57. The van der Waals surface area contributed by atoms with E-state index in [0.717, 1.165) is 25.7 Å². The van der Waals surface area contributed by atoms with Crippen LogP contribution < -0.4 is 15.0 Å². The number of anilines is 2. The number of benzene rings is 1. The van der Waals surface area contributed by atoms with E-state index in [-0.39, 0.29) is 28.9 Å². The lowest BCUT2D eigenvalue weighted by atomic mass is 10.2. The molecule has 0 atom stereocenters. The minimum Gasteiger partial charge on any atom is -0.492 e. The predicted molar refractivity (Wildman–Crippen MR) is 126 cm³/mol. The average Bonchev–Trinajstić information content (AvgIpc) is 3.44. The van der Waals surface area contributed by atoms with Gasteiger partial charge in [0.2, 0.25) is 21.8 Å². The largest absolute Gasteiger partial charge is 0.492 e. The normalized spacial score (nSPS) is 17.4. The van der Waals surface area contributed by atoms with Crippen molar-refractivity contribution >= 4 is 44.0 Å². The molecule has 11 heteroatoms. The summed E-state index contributed by atoms with van der Waals surface area (Å²) < 4.78 is 33.6. The minimum atomic E-state index is -3.73.